The smallest absolute Gasteiger partial charge is 0.271 e. The molecule has 4 aliphatic rings. The average Bonchev–Trinajstić information content (AvgIpc) is 3.55. The van der Waals surface area contributed by atoms with E-state index >= 15 is 0 Å². The Hall–Kier alpha value is -3.48. The zero-order chi connectivity index (χ0) is 28.6. The maximum Gasteiger partial charge on any atom is 0.271 e. The van der Waals surface area contributed by atoms with Crippen molar-refractivity contribution in [3.05, 3.63) is 82.2 Å². The summed E-state index contributed by atoms with van der Waals surface area (Å²) in [5.41, 5.74) is 14.3. The van der Waals surface area contributed by atoms with Gasteiger partial charge in [-0.1, -0.05) is 11.6 Å². The van der Waals surface area contributed by atoms with Gasteiger partial charge in [0.2, 0.25) is 0 Å². The lowest BCUT2D eigenvalue weighted by Crippen LogP contribution is -2.60. The number of pyridine rings is 2. The Morgan fingerprint density at radius 3 is 2.78 bits per heavy atom. The number of ether oxygens (including phenoxy) is 1. The number of likely N-dealkylation sites (N-methyl/N-ethyl adjacent to an activating group) is 1. The van der Waals surface area contributed by atoms with E-state index in [0.717, 1.165) is 67.4 Å². The minimum atomic E-state index is -0.389. The average molecular weight is 578 g/mol. The third-order valence-corrected chi connectivity index (χ3v) is 8.18. The van der Waals surface area contributed by atoms with Gasteiger partial charge in [0.25, 0.3) is 5.91 Å². The lowest BCUT2D eigenvalue weighted by atomic mass is 9.86. The Bertz CT molecular complexity index is 1400. The minimum absolute atomic E-state index is 0.0443. The Balaban J connectivity index is 1.18. The number of fused-ring (bicyclic) bond motifs is 2. The van der Waals surface area contributed by atoms with Crippen LogP contribution in [0.1, 0.15) is 35.8 Å². The van der Waals surface area contributed by atoms with E-state index in [4.69, 9.17) is 21.3 Å². The van der Waals surface area contributed by atoms with Crippen molar-refractivity contribution < 1.29 is 9.53 Å². The summed E-state index contributed by atoms with van der Waals surface area (Å²) < 4.78 is 5.86. The molecule has 216 valence electrons. The van der Waals surface area contributed by atoms with E-state index in [9.17, 15) is 4.79 Å². The van der Waals surface area contributed by atoms with Gasteiger partial charge >= 0.3 is 0 Å². The predicted molar refractivity (Wildman–Crippen MR) is 158 cm³/mol. The predicted octanol–water partition coefficient (Wildman–Crippen LogP) is 2.24. The number of carbonyl (C=O) groups is 1. The summed E-state index contributed by atoms with van der Waals surface area (Å²) in [7, 11) is 4.05. The molecule has 12 heteroatoms. The third-order valence-electron chi connectivity index (χ3n) is 7.87. The second-order valence-electron chi connectivity index (χ2n) is 11.0. The molecule has 2 saturated heterocycles. The number of carbonyl (C=O) groups excluding carboxylic acids is 1. The molecular weight excluding hydrogens is 542 g/mol. The Morgan fingerprint density at radius 2 is 2.07 bits per heavy atom. The first-order valence-corrected chi connectivity index (χ1v) is 14.4. The van der Waals surface area contributed by atoms with Crippen molar-refractivity contribution in [2.75, 3.05) is 51.8 Å². The van der Waals surface area contributed by atoms with Gasteiger partial charge in [0.1, 0.15) is 23.4 Å². The van der Waals surface area contributed by atoms with Gasteiger partial charge in [-0.3, -0.25) is 15.2 Å². The molecule has 0 radical (unpaired) electrons. The molecule has 0 bridgehead atoms. The number of anilines is 1. The quantitative estimate of drug-likeness (QED) is 0.373. The fourth-order valence-electron chi connectivity index (χ4n) is 6.05. The number of aromatic nitrogens is 2. The van der Waals surface area contributed by atoms with Crippen LogP contribution in [-0.2, 0) is 4.74 Å². The summed E-state index contributed by atoms with van der Waals surface area (Å²) >= 11 is 6.26. The molecule has 11 nitrogen and oxygen atoms in total. The molecule has 2 aromatic heterocycles. The van der Waals surface area contributed by atoms with Crippen LogP contribution in [0.2, 0.25) is 5.02 Å². The van der Waals surface area contributed by atoms with Crippen LogP contribution < -0.4 is 26.5 Å². The Morgan fingerprint density at radius 1 is 1.24 bits per heavy atom. The van der Waals surface area contributed by atoms with E-state index in [1.165, 1.54) is 5.57 Å². The molecule has 0 saturated carbocycles. The van der Waals surface area contributed by atoms with Gasteiger partial charge < -0.3 is 19.9 Å². The van der Waals surface area contributed by atoms with E-state index in [2.05, 4.69) is 54.6 Å². The largest absolute Gasteiger partial charge is 0.492 e. The first-order valence-electron chi connectivity index (χ1n) is 14.0. The SMILES string of the molecule is CCOC1=CN2NC3NNCC3=C2C(c2ccc(N3CCC(CN(C)C)(NC(=O)c4ncccc4Cl)CC3)nc2)=C1. The van der Waals surface area contributed by atoms with E-state index < -0.39 is 0 Å². The zero-order valence-electron chi connectivity index (χ0n) is 23.6. The van der Waals surface area contributed by atoms with Gasteiger partial charge in [0, 0.05) is 55.3 Å². The minimum Gasteiger partial charge on any atom is -0.492 e. The number of allylic oxidation sites excluding steroid dienone is 2. The van der Waals surface area contributed by atoms with Crippen LogP contribution in [0.5, 0.6) is 0 Å². The summed E-state index contributed by atoms with van der Waals surface area (Å²) in [6, 6.07) is 7.63. The highest BCUT2D eigenvalue weighted by Crippen LogP contribution is 2.38. The lowest BCUT2D eigenvalue weighted by Gasteiger charge is -2.44. The van der Waals surface area contributed by atoms with Crippen molar-refractivity contribution in [1.29, 1.82) is 0 Å². The second kappa shape index (κ2) is 11.4. The number of amides is 1. The third kappa shape index (κ3) is 5.55. The highest BCUT2D eigenvalue weighted by atomic mass is 35.5. The van der Waals surface area contributed by atoms with Crippen molar-refractivity contribution in [3.63, 3.8) is 0 Å². The Kier molecular flexibility index (Phi) is 7.71. The first kappa shape index (κ1) is 27.7. The van der Waals surface area contributed by atoms with Crippen LogP contribution in [-0.4, -0.2) is 84.4 Å². The molecule has 1 unspecified atom stereocenters. The van der Waals surface area contributed by atoms with E-state index in [-0.39, 0.29) is 23.3 Å². The molecule has 2 fully saturated rings. The zero-order valence-corrected chi connectivity index (χ0v) is 24.3. The molecule has 0 aromatic carbocycles. The Labute approximate surface area is 245 Å². The summed E-state index contributed by atoms with van der Waals surface area (Å²) in [4.78, 5) is 26.6. The summed E-state index contributed by atoms with van der Waals surface area (Å²) in [6.07, 6.45) is 9.21. The van der Waals surface area contributed by atoms with E-state index in [1.807, 2.05) is 38.4 Å². The monoisotopic (exact) mass is 577 g/mol. The number of halogens is 1. The standard InChI is InChI=1S/C29H36ClN9O2/c1-4-41-20-14-21(26-22-16-33-35-27(22)36-39(26)17-20)19-7-8-24(32-15-19)38-12-9-29(10-13-38,18-37(2)3)34-28(40)25-23(30)6-5-11-31-25/h5-8,11,14-15,17,27,33,35-36H,4,9-10,12-13,16,18H2,1-3H3,(H,34,40). The van der Waals surface area contributed by atoms with Crippen LogP contribution in [0.15, 0.2) is 66.0 Å². The van der Waals surface area contributed by atoms with E-state index in [0.29, 0.717) is 11.6 Å². The summed E-state index contributed by atoms with van der Waals surface area (Å²) in [6.45, 7) is 5.59. The topological polar surface area (TPSA) is 110 Å². The molecule has 0 aliphatic carbocycles. The van der Waals surface area contributed by atoms with Crippen LogP contribution in [0.4, 0.5) is 5.82 Å². The van der Waals surface area contributed by atoms with Crippen molar-refractivity contribution in [2.24, 2.45) is 0 Å². The van der Waals surface area contributed by atoms with Crippen molar-refractivity contribution >= 4 is 28.9 Å². The van der Waals surface area contributed by atoms with Crippen molar-refractivity contribution in [3.8, 4) is 0 Å². The fourth-order valence-corrected chi connectivity index (χ4v) is 6.26. The highest BCUT2D eigenvalue weighted by molar-refractivity contribution is 6.33. The molecule has 6 heterocycles. The fraction of sp³-hybridized carbons (Fsp3) is 0.414. The van der Waals surface area contributed by atoms with Crippen LogP contribution in [0.25, 0.3) is 5.57 Å². The summed E-state index contributed by atoms with van der Waals surface area (Å²) in [5, 5.41) is 5.67. The number of hydrazine groups is 2. The summed E-state index contributed by atoms with van der Waals surface area (Å²) in [5.74, 6) is 1.48. The highest BCUT2D eigenvalue weighted by Gasteiger charge is 2.39. The van der Waals surface area contributed by atoms with Crippen LogP contribution in [0.3, 0.4) is 0 Å². The number of hydrogen-bond acceptors (Lipinski definition) is 10. The van der Waals surface area contributed by atoms with Crippen LogP contribution >= 0.6 is 11.6 Å². The van der Waals surface area contributed by atoms with Crippen LogP contribution in [0, 0.1) is 0 Å². The second-order valence-corrected chi connectivity index (χ2v) is 11.4. The lowest BCUT2D eigenvalue weighted by molar-refractivity contribution is 0.0847. The van der Waals surface area contributed by atoms with Crippen molar-refractivity contribution in [1.82, 2.24) is 41.5 Å². The van der Waals surface area contributed by atoms with Gasteiger partial charge in [0.15, 0.2) is 0 Å². The first-order chi connectivity index (χ1) is 19.9. The maximum absolute atomic E-state index is 13.1. The molecular formula is C29H36ClN9O2. The number of rotatable bonds is 8. The molecule has 1 amide bonds. The maximum atomic E-state index is 13.1. The molecule has 6 rings (SSSR count). The molecule has 4 aliphatic heterocycles. The van der Waals surface area contributed by atoms with Gasteiger partial charge in [-0.15, -0.1) is 0 Å². The molecule has 4 N–H and O–H groups in total. The van der Waals surface area contributed by atoms with Crippen molar-refractivity contribution in [2.45, 2.75) is 31.5 Å². The molecule has 0 spiro atoms. The number of hydrogen-bond donors (Lipinski definition) is 4. The van der Waals surface area contributed by atoms with Gasteiger partial charge in [-0.05, 0) is 64.2 Å². The van der Waals surface area contributed by atoms with Gasteiger partial charge in [-0.25, -0.2) is 20.8 Å². The number of nitrogens with one attached hydrogen (secondary N) is 4. The number of piperidine rings is 1. The normalized spacial score (nSPS) is 21.4. The van der Waals surface area contributed by atoms with E-state index in [1.54, 1.807) is 18.3 Å². The molecule has 41 heavy (non-hydrogen) atoms. The van der Waals surface area contributed by atoms with Gasteiger partial charge in [-0.2, -0.15) is 0 Å². The molecule has 1 atom stereocenters. The molecule has 2 aromatic rings. The van der Waals surface area contributed by atoms with Gasteiger partial charge in [0.05, 0.1) is 29.1 Å². The number of nitrogens with zero attached hydrogens (tertiary/aromatic N) is 5.